The molecular weight excluding hydrogens is 264 g/mol. The van der Waals surface area contributed by atoms with Crippen LogP contribution in [-0.2, 0) is 0 Å². The zero-order chi connectivity index (χ0) is 14.1. The van der Waals surface area contributed by atoms with Crippen molar-refractivity contribution in [2.24, 2.45) is 0 Å². The van der Waals surface area contributed by atoms with E-state index in [1.807, 2.05) is 6.07 Å². The Bertz CT molecular complexity index is 679. The van der Waals surface area contributed by atoms with Gasteiger partial charge in [0.25, 0.3) is 5.91 Å². The summed E-state index contributed by atoms with van der Waals surface area (Å²) in [6, 6.07) is 8.22. The number of para-hydroxylation sites is 2. The molecule has 2 aromatic rings. The molecule has 2 heterocycles. The van der Waals surface area contributed by atoms with Crippen LogP contribution in [0.1, 0.15) is 21.0 Å². The molecular formula is C13H10N2O5. The molecule has 0 unspecified atom stereocenters. The number of ether oxygens (including phenoxy) is 1. The highest BCUT2D eigenvalue weighted by atomic mass is 16.5. The highest BCUT2D eigenvalue weighted by Crippen LogP contribution is 2.31. The Morgan fingerprint density at radius 2 is 2.10 bits per heavy atom. The van der Waals surface area contributed by atoms with E-state index in [0.29, 0.717) is 24.6 Å². The van der Waals surface area contributed by atoms with Gasteiger partial charge in [-0.15, -0.1) is 0 Å². The van der Waals surface area contributed by atoms with Crippen molar-refractivity contribution in [3.05, 3.63) is 41.8 Å². The van der Waals surface area contributed by atoms with Gasteiger partial charge < -0.3 is 14.4 Å². The van der Waals surface area contributed by atoms with Crippen LogP contribution in [-0.4, -0.2) is 35.3 Å². The normalized spacial score (nSPS) is 13.5. The molecule has 1 aromatic heterocycles. The molecule has 1 amide bonds. The second-order valence-electron chi connectivity index (χ2n) is 4.15. The third kappa shape index (κ3) is 1.99. The number of carboxylic acids is 1. The number of rotatable bonds is 2. The van der Waals surface area contributed by atoms with E-state index in [4.69, 9.17) is 14.4 Å². The predicted octanol–water partition coefficient (Wildman–Crippen LogP) is 1.41. The third-order valence-corrected chi connectivity index (χ3v) is 2.91. The van der Waals surface area contributed by atoms with Gasteiger partial charge in [0, 0.05) is 6.07 Å². The zero-order valence-electron chi connectivity index (χ0n) is 10.3. The third-order valence-electron chi connectivity index (χ3n) is 2.91. The smallest absolute Gasteiger partial charge is 0.358 e. The first-order valence-corrected chi connectivity index (χ1v) is 5.90. The van der Waals surface area contributed by atoms with Crippen LogP contribution in [0.2, 0.25) is 0 Å². The van der Waals surface area contributed by atoms with Crippen molar-refractivity contribution in [1.82, 2.24) is 5.16 Å². The average Bonchev–Trinajstić information content (AvgIpc) is 2.96. The van der Waals surface area contributed by atoms with Crippen LogP contribution in [0, 0.1) is 0 Å². The second-order valence-corrected chi connectivity index (χ2v) is 4.15. The topological polar surface area (TPSA) is 92.9 Å². The van der Waals surface area contributed by atoms with Crippen molar-refractivity contribution < 1.29 is 24.0 Å². The van der Waals surface area contributed by atoms with Crippen LogP contribution in [0.15, 0.2) is 34.9 Å². The fourth-order valence-corrected chi connectivity index (χ4v) is 1.99. The van der Waals surface area contributed by atoms with Crippen molar-refractivity contribution >= 4 is 17.6 Å². The maximum atomic E-state index is 12.3. The van der Waals surface area contributed by atoms with Gasteiger partial charge >= 0.3 is 5.97 Å². The Morgan fingerprint density at radius 1 is 1.30 bits per heavy atom. The van der Waals surface area contributed by atoms with Gasteiger partial charge in [-0.1, -0.05) is 17.3 Å². The van der Waals surface area contributed by atoms with Crippen LogP contribution >= 0.6 is 0 Å². The highest BCUT2D eigenvalue weighted by molar-refractivity contribution is 6.06. The lowest BCUT2D eigenvalue weighted by Gasteiger charge is -2.28. The summed E-state index contributed by atoms with van der Waals surface area (Å²) in [7, 11) is 0. The van der Waals surface area contributed by atoms with E-state index < -0.39 is 11.9 Å². The Morgan fingerprint density at radius 3 is 2.85 bits per heavy atom. The number of aromatic nitrogens is 1. The number of hydrogen-bond acceptors (Lipinski definition) is 5. The molecule has 0 fully saturated rings. The molecule has 0 radical (unpaired) electrons. The van der Waals surface area contributed by atoms with Crippen LogP contribution in [0.3, 0.4) is 0 Å². The summed E-state index contributed by atoms with van der Waals surface area (Å²) in [5, 5.41) is 12.1. The minimum atomic E-state index is -1.24. The van der Waals surface area contributed by atoms with Gasteiger partial charge in [0.15, 0.2) is 5.69 Å². The average molecular weight is 274 g/mol. The molecule has 1 aromatic carbocycles. The van der Waals surface area contributed by atoms with E-state index in [0.717, 1.165) is 6.07 Å². The largest absolute Gasteiger partial charge is 0.490 e. The molecule has 0 saturated heterocycles. The number of benzene rings is 1. The molecule has 7 nitrogen and oxygen atoms in total. The predicted molar refractivity (Wildman–Crippen MR) is 67.1 cm³/mol. The number of hydrogen-bond donors (Lipinski definition) is 1. The van der Waals surface area contributed by atoms with E-state index in [1.54, 1.807) is 18.2 Å². The number of aromatic carboxylic acids is 1. The van der Waals surface area contributed by atoms with E-state index in [9.17, 15) is 9.59 Å². The molecule has 102 valence electrons. The van der Waals surface area contributed by atoms with Gasteiger partial charge in [-0.25, -0.2) is 4.79 Å². The van der Waals surface area contributed by atoms with E-state index >= 15 is 0 Å². The second kappa shape index (κ2) is 4.69. The lowest BCUT2D eigenvalue weighted by atomic mass is 10.2. The molecule has 20 heavy (non-hydrogen) atoms. The Labute approximate surface area is 113 Å². The summed E-state index contributed by atoms with van der Waals surface area (Å²) in [6.07, 6.45) is 0. The number of carboxylic acid groups (broad SMARTS) is 1. The Hall–Kier alpha value is -2.83. The van der Waals surface area contributed by atoms with Crippen molar-refractivity contribution in [2.45, 2.75) is 0 Å². The van der Waals surface area contributed by atoms with Crippen molar-refractivity contribution in [2.75, 3.05) is 18.1 Å². The number of carbonyl (C=O) groups is 2. The Balaban J connectivity index is 1.93. The molecule has 0 spiro atoms. The van der Waals surface area contributed by atoms with Gasteiger partial charge in [-0.05, 0) is 12.1 Å². The number of carbonyl (C=O) groups excluding carboxylic acids is 1. The van der Waals surface area contributed by atoms with E-state index in [2.05, 4.69) is 5.16 Å². The summed E-state index contributed by atoms with van der Waals surface area (Å²) in [4.78, 5) is 24.6. The van der Waals surface area contributed by atoms with Gasteiger partial charge in [-0.2, -0.15) is 0 Å². The van der Waals surface area contributed by atoms with Gasteiger partial charge in [0.2, 0.25) is 5.76 Å². The minimum absolute atomic E-state index is 0.112. The summed E-state index contributed by atoms with van der Waals surface area (Å²) in [6.45, 7) is 0.724. The summed E-state index contributed by atoms with van der Waals surface area (Å²) < 4.78 is 10.2. The minimum Gasteiger partial charge on any atom is -0.490 e. The standard InChI is InChI=1S/C13H10N2O5/c16-12(11-7-8(13(17)18)14-20-11)15-5-6-19-10-4-2-1-3-9(10)15/h1-4,7H,5-6H2,(H,17,18). The van der Waals surface area contributed by atoms with Crippen LogP contribution in [0.4, 0.5) is 5.69 Å². The molecule has 3 rings (SSSR count). The fraction of sp³-hybridized carbons (Fsp3) is 0.154. The first-order valence-electron chi connectivity index (χ1n) is 5.90. The van der Waals surface area contributed by atoms with Crippen molar-refractivity contribution in [1.29, 1.82) is 0 Å². The quantitative estimate of drug-likeness (QED) is 0.890. The van der Waals surface area contributed by atoms with E-state index in [1.165, 1.54) is 4.90 Å². The lowest BCUT2D eigenvalue weighted by molar-refractivity contribution is 0.0684. The SMILES string of the molecule is O=C(O)c1cc(C(=O)N2CCOc3ccccc32)on1. The molecule has 1 aliphatic heterocycles. The van der Waals surface area contributed by atoms with Gasteiger partial charge in [0.1, 0.15) is 12.4 Å². The van der Waals surface area contributed by atoms with Crippen LogP contribution in [0.5, 0.6) is 5.75 Å². The molecule has 1 aliphatic rings. The maximum absolute atomic E-state index is 12.3. The maximum Gasteiger partial charge on any atom is 0.358 e. The molecule has 0 bridgehead atoms. The summed E-state index contributed by atoms with van der Waals surface area (Å²) in [5.41, 5.74) is 0.326. The van der Waals surface area contributed by atoms with E-state index in [-0.39, 0.29) is 11.5 Å². The number of anilines is 1. The number of fused-ring (bicyclic) bond motifs is 1. The molecule has 0 atom stereocenters. The first-order chi connectivity index (χ1) is 9.66. The summed E-state index contributed by atoms with van der Waals surface area (Å²) in [5.74, 6) is -1.19. The monoisotopic (exact) mass is 274 g/mol. The van der Waals surface area contributed by atoms with Crippen LogP contribution < -0.4 is 9.64 Å². The number of nitrogens with zero attached hydrogens (tertiary/aromatic N) is 2. The van der Waals surface area contributed by atoms with Gasteiger partial charge in [-0.3, -0.25) is 9.69 Å². The lowest BCUT2D eigenvalue weighted by Crippen LogP contribution is -2.37. The van der Waals surface area contributed by atoms with Crippen molar-refractivity contribution in [3.63, 3.8) is 0 Å². The Kier molecular flexibility index (Phi) is 2.86. The zero-order valence-corrected chi connectivity index (χ0v) is 10.3. The first kappa shape index (κ1) is 12.2. The molecule has 1 N–H and O–H groups in total. The fourth-order valence-electron chi connectivity index (χ4n) is 1.99. The molecule has 0 aliphatic carbocycles. The van der Waals surface area contributed by atoms with Crippen molar-refractivity contribution in [3.8, 4) is 5.75 Å². The summed E-state index contributed by atoms with van der Waals surface area (Å²) >= 11 is 0. The molecule has 7 heteroatoms. The van der Waals surface area contributed by atoms with Gasteiger partial charge in [0.05, 0.1) is 12.2 Å². The van der Waals surface area contributed by atoms with Crippen LogP contribution in [0.25, 0.3) is 0 Å². The molecule has 0 saturated carbocycles. The number of amides is 1. The highest BCUT2D eigenvalue weighted by Gasteiger charge is 2.27.